The normalized spacial score (nSPS) is 15.9. The Morgan fingerprint density at radius 3 is 2.22 bits per heavy atom. The fraction of sp³-hybridized carbons (Fsp3) is 0.556. The van der Waals surface area contributed by atoms with Gasteiger partial charge < -0.3 is 10.2 Å². The first-order valence-electron chi connectivity index (χ1n) is 8.74. The van der Waals surface area contributed by atoms with Gasteiger partial charge in [0.1, 0.15) is 0 Å². The number of nitrogens with one attached hydrogen (secondary N) is 1. The maximum Gasteiger partial charge on any atom is 0.416 e. The zero-order valence-corrected chi connectivity index (χ0v) is 15.6. The van der Waals surface area contributed by atoms with Crippen molar-refractivity contribution in [3.63, 3.8) is 0 Å². The molecule has 150 valence electrons. The average molecular weight is 386 g/mol. The van der Waals surface area contributed by atoms with Crippen molar-refractivity contribution >= 4 is 11.8 Å². The van der Waals surface area contributed by atoms with Crippen molar-refractivity contribution in [2.75, 3.05) is 53.4 Å². The van der Waals surface area contributed by atoms with E-state index in [-0.39, 0.29) is 18.4 Å². The van der Waals surface area contributed by atoms with Crippen molar-refractivity contribution in [1.29, 1.82) is 0 Å². The average Bonchev–Trinajstić information content (AvgIpc) is 2.61. The van der Waals surface area contributed by atoms with Gasteiger partial charge in [0, 0.05) is 39.8 Å². The van der Waals surface area contributed by atoms with E-state index in [1.54, 1.807) is 23.9 Å². The van der Waals surface area contributed by atoms with E-state index < -0.39 is 11.7 Å². The van der Waals surface area contributed by atoms with Crippen molar-refractivity contribution < 1.29 is 22.8 Å². The highest BCUT2D eigenvalue weighted by Crippen LogP contribution is 2.29. The third-order valence-corrected chi connectivity index (χ3v) is 4.51. The number of likely N-dealkylation sites (N-methyl/N-ethyl adjacent to an activating group) is 2. The molecule has 0 spiro atoms. The summed E-state index contributed by atoms with van der Waals surface area (Å²) in [6.45, 7) is 3.31. The van der Waals surface area contributed by atoms with Crippen LogP contribution in [0.3, 0.4) is 0 Å². The highest BCUT2D eigenvalue weighted by molar-refractivity contribution is 5.79. The molecule has 0 atom stereocenters. The fourth-order valence-electron chi connectivity index (χ4n) is 2.94. The van der Waals surface area contributed by atoms with Gasteiger partial charge in [0.2, 0.25) is 11.8 Å². The van der Waals surface area contributed by atoms with Crippen LogP contribution in [0.4, 0.5) is 13.2 Å². The van der Waals surface area contributed by atoms with Crippen LogP contribution in [0, 0.1) is 0 Å². The van der Waals surface area contributed by atoms with Crippen LogP contribution in [0.25, 0.3) is 0 Å². The van der Waals surface area contributed by atoms with Gasteiger partial charge in [-0.15, -0.1) is 0 Å². The van der Waals surface area contributed by atoms with Crippen molar-refractivity contribution in [3.8, 4) is 0 Å². The maximum absolute atomic E-state index is 12.6. The number of benzene rings is 1. The molecule has 1 aliphatic heterocycles. The lowest BCUT2D eigenvalue weighted by atomic mass is 10.1. The number of alkyl halides is 3. The summed E-state index contributed by atoms with van der Waals surface area (Å²) < 4.78 is 37.8. The molecule has 1 aromatic carbocycles. The first kappa shape index (κ1) is 21.2. The van der Waals surface area contributed by atoms with E-state index in [4.69, 9.17) is 0 Å². The molecule has 6 nitrogen and oxygen atoms in total. The van der Waals surface area contributed by atoms with Crippen molar-refractivity contribution in [2.24, 2.45) is 0 Å². The van der Waals surface area contributed by atoms with Crippen LogP contribution in [0.2, 0.25) is 0 Å². The molecule has 1 aromatic rings. The molecule has 0 saturated carbocycles. The van der Waals surface area contributed by atoms with Gasteiger partial charge in [0.05, 0.1) is 18.7 Å². The van der Waals surface area contributed by atoms with E-state index in [9.17, 15) is 22.8 Å². The Kier molecular flexibility index (Phi) is 7.20. The van der Waals surface area contributed by atoms with E-state index in [0.29, 0.717) is 44.8 Å². The molecule has 0 radical (unpaired) electrons. The SMILES string of the molecule is CNC(=O)CN1CCN(C(=O)CN(C)Cc2ccc(C(F)(F)F)cc2)CC1. The molecule has 2 amide bonds. The monoisotopic (exact) mass is 386 g/mol. The molecule has 1 heterocycles. The third-order valence-electron chi connectivity index (χ3n) is 4.51. The van der Waals surface area contributed by atoms with E-state index in [1.807, 2.05) is 4.90 Å². The Morgan fingerprint density at radius 2 is 1.70 bits per heavy atom. The van der Waals surface area contributed by atoms with Gasteiger partial charge in [0.15, 0.2) is 0 Å². The van der Waals surface area contributed by atoms with Gasteiger partial charge in [-0.25, -0.2) is 0 Å². The van der Waals surface area contributed by atoms with Crippen LogP contribution in [-0.4, -0.2) is 79.9 Å². The molecule has 0 aromatic heterocycles. The number of amides is 2. The van der Waals surface area contributed by atoms with Gasteiger partial charge >= 0.3 is 6.18 Å². The minimum Gasteiger partial charge on any atom is -0.358 e. The van der Waals surface area contributed by atoms with Gasteiger partial charge in [-0.3, -0.25) is 19.4 Å². The lowest BCUT2D eigenvalue weighted by Gasteiger charge is -2.35. The minimum absolute atomic E-state index is 0.0241. The second-order valence-corrected chi connectivity index (χ2v) is 6.70. The van der Waals surface area contributed by atoms with Gasteiger partial charge in [-0.1, -0.05) is 12.1 Å². The molecule has 27 heavy (non-hydrogen) atoms. The zero-order valence-electron chi connectivity index (χ0n) is 15.6. The first-order valence-corrected chi connectivity index (χ1v) is 8.74. The zero-order chi connectivity index (χ0) is 20.0. The predicted molar refractivity (Wildman–Crippen MR) is 94.9 cm³/mol. The van der Waals surface area contributed by atoms with E-state index >= 15 is 0 Å². The smallest absolute Gasteiger partial charge is 0.358 e. The number of hydrogen-bond donors (Lipinski definition) is 1. The summed E-state index contributed by atoms with van der Waals surface area (Å²) in [6.07, 6.45) is -4.35. The van der Waals surface area contributed by atoms with E-state index in [0.717, 1.165) is 12.1 Å². The number of carbonyl (C=O) groups is 2. The Labute approximate surface area is 156 Å². The van der Waals surface area contributed by atoms with E-state index in [2.05, 4.69) is 5.32 Å². The van der Waals surface area contributed by atoms with Crippen LogP contribution >= 0.6 is 0 Å². The molecule has 9 heteroatoms. The van der Waals surface area contributed by atoms with Crippen molar-refractivity contribution in [2.45, 2.75) is 12.7 Å². The number of hydrogen-bond acceptors (Lipinski definition) is 4. The summed E-state index contributed by atoms with van der Waals surface area (Å²) in [7, 11) is 3.35. The number of nitrogens with zero attached hydrogens (tertiary/aromatic N) is 3. The van der Waals surface area contributed by atoms with E-state index in [1.165, 1.54) is 12.1 Å². The summed E-state index contributed by atoms with van der Waals surface area (Å²) >= 11 is 0. The molecule has 0 bridgehead atoms. The molecule has 1 N–H and O–H groups in total. The summed E-state index contributed by atoms with van der Waals surface area (Å²) in [6, 6.07) is 4.97. The van der Waals surface area contributed by atoms with Crippen molar-refractivity contribution in [3.05, 3.63) is 35.4 Å². The lowest BCUT2D eigenvalue weighted by molar-refractivity contribution is -0.137. The van der Waals surface area contributed by atoms with Gasteiger partial charge in [0.25, 0.3) is 0 Å². The summed E-state index contributed by atoms with van der Waals surface area (Å²) in [5, 5.41) is 2.58. The molecular formula is C18H25F3N4O2. The Balaban J connectivity index is 1.78. The first-order chi connectivity index (χ1) is 12.7. The second-order valence-electron chi connectivity index (χ2n) is 6.70. The molecule has 0 unspecified atom stereocenters. The molecule has 0 aliphatic carbocycles. The molecular weight excluding hydrogens is 361 g/mol. The maximum atomic E-state index is 12.6. The topological polar surface area (TPSA) is 55.9 Å². The summed E-state index contributed by atoms with van der Waals surface area (Å²) in [4.78, 5) is 29.3. The molecule has 1 saturated heterocycles. The Hall–Kier alpha value is -2.13. The van der Waals surface area contributed by atoms with Gasteiger partial charge in [-0.2, -0.15) is 13.2 Å². The fourth-order valence-corrected chi connectivity index (χ4v) is 2.94. The summed E-state index contributed by atoms with van der Waals surface area (Å²) in [5.41, 5.74) is 0.0355. The number of carbonyl (C=O) groups excluding carboxylic acids is 2. The summed E-state index contributed by atoms with van der Waals surface area (Å²) in [5.74, 6) is -0.0740. The predicted octanol–water partition coefficient (Wildman–Crippen LogP) is 1.03. The largest absolute Gasteiger partial charge is 0.416 e. The van der Waals surface area contributed by atoms with Gasteiger partial charge in [-0.05, 0) is 24.7 Å². The van der Waals surface area contributed by atoms with Crippen LogP contribution in [-0.2, 0) is 22.3 Å². The number of halogens is 3. The number of piperazine rings is 1. The van der Waals surface area contributed by atoms with Crippen LogP contribution in [0.5, 0.6) is 0 Å². The highest BCUT2D eigenvalue weighted by atomic mass is 19.4. The molecule has 1 fully saturated rings. The minimum atomic E-state index is -4.35. The van der Waals surface area contributed by atoms with Crippen LogP contribution < -0.4 is 5.32 Å². The Morgan fingerprint density at radius 1 is 1.11 bits per heavy atom. The second kappa shape index (κ2) is 9.18. The van der Waals surface area contributed by atoms with Crippen molar-refractivity contribution in [1.82, 2.24) is 20.0 Å². The number of rotatable bonds is 6. The molecule has 2 rings (SSSR count). The van der Waals surface area contributed by atoms with Crippen LogP contribution in [0.15, 0.2) is 24.3 Å². The highest BCUT2D eigenvalue weighted by Gasteiger charge is 2.30. The Bertz CT molecular complexity index is 641. The van der Waals surface area contributed by atoms with Crippen LogP contribution in [0.1, 0.15) is 11.1 Å². The lowest BCUT2D eigenvalue weighted by Crippen LogP contribution is -2.52. The quantitative estimate of drug-likeness (QED) is 0.794. The molecule has 1 aliphatic rings. The standard InChI is InChI=1S/C18H25F3N4O2/c1-22-16(26)12-24-7-9-25(10-8-24)17(27)13-23(2)11-14-3-5-15(6-4-14)18(19,20)21/h3-6H,7-13H2,1-2H3,(H,22,26). The third kappa shape index (κ3) is 6.51.